The predicted octanol–water partition coefficient (Wildman–Crippen LogP) is 0.812. The van der Waals surface area contributed by atoms with Crippen molar-refractivity contribution in [3.05, 3.63) is 11.5 Å². The maximum atomic E-state index is 10.6. The summed E-state index contributed by atoms with van der Waals surface area (Å²) in [7, 11) is 9.75. The first-order valence-corrected chi connectivity index (χ1v) is 12.4. The van der Waals surface area contributed by atoms with Crippen LogP contribution in [0, 0.1) is 0 Å². The van der Waals surface area contributed by atoms with Crippen molar-refractivity contribution in [1.29, 1.82) is 0 Å². The topological polar surface area (TPSA) is 158 Å². The number of carbonyl (C=O) groups excluding carboxylic acids is 4. The summed E-state index contributed by atoms with van der Waals surface area (Å²) in [6.45, 7) is 2.95. The van der Waals surface area contributed by atoms with Crippen LogP contribution < -0.4 is 10.6 Å². The zero-order valence-corrected chi connectivity index (χ0v) is 17.5. The number of hydrogen-bond donors (Lipinski definition) is 2. The van der Waals surface area contributed by atoms with Crippen LogP contribution in [0.5, 0.6) is 0 Å². The van der Waals surface area contributed by atoms with Gasteiger partial charge in [-0.3, -0.25) is 19.2 Å². The van der Waals surface area contributed by atoms with Gasteiger partial charge in [-0.25, -0.2) is 0 Å². The van der Waals surface area contributed by atoms with Gasteiger partial charge in [-0.05, 0) is 13.8 Å². The van der Waals surface area contributed by atoms with Crippen molar-refractivity contribution in [1.82, 2.24) is 10.6 Å². The van der Waals surface area contributed by atoms with Crippen molar-refractivity contribution in [2.75, 3.05) is 39.4 Å². The molecule has 25 heavy (non-hydrogen) atoms. The first-order chi connectivity index (χ1) is 11.8. The molecule has 0 aromatic carbocycles. The second-order valence-electron chi connectivity index (χ2n) is 3.56. The van der Waals surface area contributed by atoms with E-state index < -0.39 is 40.2 Å². The van der Waals surface area contributed by atoms with Crippen LogP contribution in [0.15, 0.2) is 0 Å². The van der Waals surface area contributed by atoms with Gasteiger partial charge >= 0.3 is 47.3 Å². The molecule has 0 radical (unpaired) electrons. The molecule has 0 atom stereocenters. The number of esters is 2. The molecule has 0 spiro atoms. The van der Waals surface area contributed by atoms with Gasteiger partial charge in [0.15, 0.2) is 11.8 Å². The van der Waals surface area contributed by atoms with E-state index in [1.165, 1.54) is 0 Å². The number of nitrogens with one attached hydrogen (secondary N) is 4. The second-order valence-corrected chi connectivity index (χ2v) is 6.85. The summed E-state index contributed by atoms with van der Waals surface area (Å²) in [6, 6.07) is 0. The number of halogens is 2. The molecule has 0 bridgehead atoms. The number of ether oxygens (including phenoxy) is 2. The summed E-state index contributed by atoms with van der Waals surface area (Å²) in [4.78, 5) is 42.0. The van der Waals surface area contributed by atoms with Crippen LogP contribution in [-0.4, -0.2) is 63.1 Å². The van der Waals surface area contributed by atoms with E-state index in [1.807, 2.05) is 0 Å². The Morgan fingerprint density at radius 2 is 1.12 bits per heavy atom. The molecule has 150 valence electrons. The molecule has 0 aliphatic heterocycles. The van der Waals surface area contributed by atoms with Crippen LogP contribution in [-0.2, 0) is 45.1 Å². The Morgan fingerprint density at radius 1 is 0.840 bits per heavy atom. The Hall–Kier alpha value is -0.932. The number of rotatable bonds is 8. The minimum absolute atomic E-state index is 0.147. The zero-order chi connectivity index (χ0) is 20.1. The monoisotopic (exact) mass is 583 g/mol. The molecule has 2 amide bonds. The van der Waals surface area contributed by atoms with Gasteiger partial charge in [0.1, 0.15) is 13.1 Å². The second kappa shape index (κ2) is 23.1. The number of carbonyl (C=O) groups is 4. The predicted molar refractivity (Wildman–Crippen MR) is 89.4 cm³/mol. The van der Waals surface area contributed by atoms with Gasteiger partial charge in [0.05, 0.1) is 13.2 Å². The summed E-state index contributed by atoms with van der Waals surface area (Å²) < 4.78 is 9.04. The Kier molecular flexibility index (Phi) is 26.6. The fourth-order valence-electron chi connectivity index (χ4n) is 0.891. The van der Waals surface area contributed by atoms with Gasteiger partial charge in [-0.1, -0.05) is 13.1 Å². The molecule has 0 aliphatic rings. The fourth-order valence-corrected chi connectivity index (χ4v) is 0.891. The van der Waals surface area contributed by atoms with E-state index in [0.29, 0.717) is 13.2 Å². The first kappa shape index (κ1) is 28.9. The zero-order valence-electron chi connectivity index (χ0n) is 13.8. The van der Waals surface area contributed by atoms with Gasteiger partial charge in [-0.2, -0.15) is 0 Å². The molecule has 0 aliphatic carbocycles. The molecular formula is C12H22Cl2N4O6Pt. The van der Waals surface area contributed by atoms with E-state index in [9.17, 15) is 19.2 Å². The minimum atomic E-state index is -0.477. The van der Waals surface area contributed by atoms with Gasteiger partial charge in [-0.15, -0.1) is 0 Å². The summed E-state index contributed by atoms with van der Waals surface area (Å²) >= 11 is -0.472. The third-order valence-corrected chi connectivity index (χ3v) is 1.79. The van der Waals surface area contributed by atoms with Crippen LogP contribution in [0.2, 0.25) is 0 Å². The normalized spacial score (nSPS) is 8.72. The Bertz CT molecular complexity index is 357. The van der Waals surface area contributed by atoms with E-state index in [0.717, 1.165) is 0 Å². The summed E-state index contributed by atoms with van der Waals surface area (Å²) in [6.07, 6.45) is 0. The molecule has 0 aromatic rings. The van der Waals surface area contributed by atoms with Gasteiger partial charge in [0, 0.05) is 0 Å². The average Bonchev–Trinajstić information content (AvgIpc) is 2.59. The third-order valence-electron chi connectivity index (χ3n) is 1.79. The van der Waals surface area contributed by atoms with Crippen LogP contribution in [0.4, 0.5) is 0 Å². The van der Waals surface area contributed by atoms with E-state index in [-0.39, 0.29) is 26.2 Å². The van der Waals surface area contributed by atoms with Crippen molar-refractivity contribution in [2.45, 2.75) is 13.8 Å². The Balaban J connectivity index is -0.000000334. The van der Waals surface area contributed by atoms with Crippen LogP contribution in [0.25, 0.3) is 11.5 Å². The standard InChI is InChI=1S/2C6H11N2O3.2ClH.Pt/c2*1-2-11-6(10)4-8-5(9)3-7;;;/h2*7H,2-4H2,1H3,(H,8,9);2*1H;/q2*-1;;;+4/p-2. The van der Waals surface area contributed by atoms with Crippen LogP contribution in [0.1, 0.15) is 13.8 Å². The summed E-state index contributed by atoms with van der Waals surface area (Å²) in [5, 5.41) is 4.43. The maximum absolute atomic E-state index is 10.6. The van der Waals surface area contributed by atoms with Gasteiger partial charge in [0.2, 0.25) is 0 Å². The molecule has 10 nitrogen and oxygen atoms in total. The SMILES string of the molecule is CCOC(=O)CNC(=O)C[NH-].CCOC(=O)CNC(=O)C[NH-].[Cl][Pt+2][Cl]. The van der Waals surface area contributed by atoms with E-state index in [2.05, 4.69) is 20.1 Å². The average molecular weight is 584 g/mol. The van der Waals surface area contributed by atoms with Crippen molar-refractivity contribution >= 4 is 42.6 Å². The van der Waals surface area contributed by atoms with Crippen molar-refractivity contribution < 1.29 is 45.1 Å². The van der Waals surface area contributed by atoms with E-state index >= 15 is 0 Å². The number of amides is 2. The molecule has 0 saturated heterocycles. The molecule has 13 heteroatoms. The van der Waals surface area contributed by atoms with Crippen molar-refractivity contribution in [2.24, 2.45) is 0 Å². The molecule has 0 aromatic heterocycles. The quantitative estimate of drug-likeness (QED) is 0.402. The third kappa shape index (κ3) is 28.2. The summed E-state index contributed by atoms with van der Waals surface area (Å²) in [5.41, 5.74) is 13.2. The molecule has 0 fully saturated rings. The molecule has 0 saturated carbocycles. The van der Waals surface area contributed by atoms with Crippen LogP contribution in [0.3, 0.4) is 0 Å². The number of hydrogen-bond acceptors (Lipinski definition) is 6. The van der Waals surface area contributed by atoms with Crippen LogP contribution >= 0.6 is 18.8 Å². The molecular weight excluding hydrogens is 562 g/mol. The van der Waals surface area contributed by atoms with E-state index in [4.69, 9.17) is 30.3 Å². The van der Waals surface area contributed by atoms with Gasteiger partial charge in [0.25, 0.3) is 0 Å². The molecule has 0 unspecified atom stereocenters. The fraction of sp³-hybridized carbons (Fsp3) is 0.667. The Morgan fingerprint density at radius 3 is 1.32 bits per heavy atom. The molecule has 0 heterocycles. The first-order valence-electron chi connectivity index (χ1n) is 6.78. The van der Waals surface area contributed by atoms with Gasteiger partial charge < -0.3 is 31.6 Å². The van der Waals surface area contributed by atoms with Crippen molar-refractivity contribution in [3.8, 4) is 0 Å². The van der Waals surface area contributed by atoms with E-state index in [1.54, 1.807) is 13.8 Å². The summed E-state index contributed by atoms with van der Waals surface area (Å²) in [5.74, 6) is -1.90. The molecule has 0 rings (SSSR count). The molecule has 4 N–H and O–H groups in total. The Labute approximate surface area is 163 Å². The van der Waals surface area contributed by atoms with Crippen molar-refractivity contribution in [3.63, 3.8) is 0 Å².